The topological polar surface area (TPSA) is 82.1 Å². The molecular formula is C23H27N3O4. The molecule has 7 nitrogen and oxygen atoms in total. The number of aliphatic hydroxyl groups excluding tert-OH is 1. The van der Waals surface area contributed by atoms with E-state index in [0.717, 1.165) is 17.0 Å². The summed E-state index contributed by atoms with van der Waals surface area (Å²) in [5, 5.41) is 12.2. The van der Waals surface area contributed by atoms with Gasteiger partial charge in [-0.15, -0.1) is 0 Å². The SMILES string of the molecule is COc1ccccc1N1CCN(C(=O)[C@H](CO)NC(=O)C=Cc2ccccc2)CC1. The van der Waals surface area contributed by atoms with Gasteiger partial charge in [-0.05, 0) is 23.8 Å². The van der Waals surface area contributed by atoms with Crippen molar-refractivity contribution in [2.75, 3.05) is 44.8 Å². The van der Waals surface area contributed by atoms with Crippen LogP contribution in [0.2, 0.25) is 0 Å². The number of anilines is 1. The smallest absolute Gasteiger partial charge is 0.247 e. The van der Waals surface area contributed by atoms with E-state index in [2.05, 4.69) is 10.2 Å². The number of hydrogen-bond donors (Lipinski definition) is 2. The van der Waals surface area contributed by atoms with Gasteiger partial charge in [-0.1, -0.05) is 42.5 Å². The zero-order valence-electron chi connectivity index (χ0n) is 17.0. The van der Waals surface area contributed by atoms with Crippen molar-refractivity contribution in [1.29, 1.82) is 0 Å². The third kappa shape index (κ3) is 5.39. The lowest BCUT2D eigenvalue weighted by molar-refractivity contribution is -0.137. The Morgan fingerprint density at radius 2 is 1.73 bits per heavy atom. The first kappa shape index (κ1) is 21.4. The highest BCUT2D eigenvalue weighted by Gasteiger charge is 2.28. The maximum atomic E-state index is 12.8. The fourth-order valence-electron chi connectivity index (χ4n) is 3.42. The average molecular weight is 409 g/mol. The third-order valence-corrected chi connectivity index (χ3v) is 5.04. The Hall–Kier alpha value is -3.32. The summed E-state index contributed by atoms with van der Waals surface area (Å²) in [5.74, 6) is 0.0977. The van der Waals surface area contributed by atoms with Crippen molar-refractivity contribution in [1.82, 2.24) is 10.2 Å². The van der Waals surface area contributed by atoms with Gasteiger partial charge >= 0.3 is 0 Å². The lowest BCUT2D eigenvalue weighted by Gasteiger charge is -2.37. The van der Waals surface area contributed by atoms with Crippen molar-refractivity contribution < 1.29 is 19.4 Å². The number of carbonyl (C=O) groups excluding carboxylic acids is 2. The minimum Gasteiger partial charge on any atom is -0.495 e. The fourth-order valence-corrected chi connectivity index (χ4v) is 3.42. The Bertz CT molecular complexity index is 877. The lowest BCUT2D eigenvalue weighted by atomic mass is 10.2. The molecule has 1 fully saturated rings. The van der Waals surface area contributed by atoms with E-state index in [-0.39, 0.29) is 5.91 Å². The highest BCUT2D eigenvalue weighted by Crippen LogP contribution is 2.28. The van der Waals surface area contributed by atoms with Crippen molar-refractivity contribution >= 4 is 23.6 Å². The quantitative estimate of drug-likeness (QED) is 0.678. The molecule has 0 aromatic heterocycles. The van der Waals surface area contributed by atoms with Crippen LogP contribution in [0.4, 0.5) is 5.69 Å². The van der Waals surface area contributed by atoms with Crippen LogP contribution in [0, 0.1) is 0 Å². The maximum Gasteiger partial charge on any atom is 0.247 e. The van der Waals surface area contributed by atoms with Gasteiger partial charge in [0.2, 0.25) is 11.8 Å². The highest BCUT2D eigenvalue weighted by molar-refractivity contribution is 5.95. The first-order valence-corrected chi connectivity index (χ1v) is 9.93. The molecule has 0 bridgehead atoms. The van der Waals surface area contributed by atoms with E-state index < -0.39 is 18.6 Å². The number of para-hydroxylation sites is 2. The van der Waals surface area contributed by atoms with Crippen LogP contribution < -0.4 is 15.0 Å². The second-order valence-electron chi connectivity index (χ2n) is 6.97. The lowest BCUT2D eigenvalue weighted by Crippen LogP contribution is -2.56. The van der Waals surface area contributed by atoms with Crippen molar-refractivity contribution in [3.8, 4) is 5.75 Å². The van der Waals surface area contributed by atoms with Gasteiger partial charge in [0.05, 0.1) is 19.4 Å². The summed E-state index contributed by atoms with van der Waals surface area (Å²) < 4.78 is 5.42. The first-order chi connectivity index (χ1) is 14.6. The van der Waals surface area contributed by atoms with E-state index >= 15 is 0 Å². The zero-order valence-corrected chi connectivity index (χ0v) is 17.0. The third-order valence-electron chi connectivity index (χ3n) is 5.04. The predicted molar refractivity (Wildman–Crippen MR) is 116 cm³/mol. The summed E-state index contributed by atoms with van der Waals surface area (Å²) in [6.45, 7) is 1.85. The van der Waals surface area contributed by atoms with E-state index in [9.17, 15) is 14.7 Å². The van der Waals surface area contributed by atoms with Crippen LogP contribution in [-0.2, 0) is 9.59 Å². The second-order valence-corrected chi connectivity index (χ2v) is 6.97. The number of piperazine rings is 1. The molecule has 1 aliphatic heterocycles. The van der Waals surface area contributed by atoms with Gasteiger partial charge in [-0.2, -0.15) is 0 Å². The van der Waals surface area contributed by atoms with Crippen molar-refractivity contribution in [3.63, 3.8) is 0 Å². The van der Waals surface area contributed by atoms with E-state index in [1.165, 1.54) is 6.08 Å². The van der Waals surface area contributed by atoms with Crippen molar-refractivity contribution in [2.45, 2.75) is 6.04 Å². The number of amides is 2. The first-order valence-electron chi connectivity index (χ1n) is 9.93. The van der Waals surface area contributed by atoms with Crippen LogP contribution in [0.1, 0.15) is 5.56 Å². The summed E-state index contributed by atoms with van der Waals surface area (Å²) in [6, 6.07) is 16.2. The van der Waals surface area contributed by atoms with E-state index in [4.69, 9.17) is 4.74 Å². The number of hydrogen-bond acceptors (Lipinski definition) is 5. The molecule has 0 saturated carbocycles. The van der Waals surface area contributed by atoms with Gasteiger partial charge in [0.1, 0.15) is 11.8 Å². The Balaban J connectivity index is 1.55. The summed E-state index contributed by atoms with van der Waals surface area (Å²) in [7, 11) is 1.64. The summed E-state index contributed by atoms with van der Waals surface area (Å²) in [5.41, 5.74) is 1.87. The predicted octanol–water partition coefficient (Wildman–Crippen LogP) is 1.53. The molecule has 0 radical (unpaired) electrons. The number of nitrogens with zero attached hydrogens (tertiary/aromatic N) is 2. The monoisotopic (exact) mass is 409 g/mol. The Kier molecular flexibility index (Phi) is 7.45. The molecule has 1 aliphatic rings. The molecule has 158 valence electrons. The molecule has 30 heavy (non-hydrogen) atoms. The highest BCUT2D eigenvalue weighted by atomic mass is 16.5. The van der Waals surface area contributed by atoms with Crippen LogP contribution in [-0.4, -0.2) is 67.8 Å². The Labute approximate surface area is 176 Å². The standard InChI is InChI=1S/C23H27N3O4/c1-30-21-10-6-5-9-20(21)25-13-15-26(16-14-25)23(29)19(17-27)24-22(28)12-11-18-7-3-2-4-8-18/h2-12,19,27H,13-17H2,1H3,(H,24,28)/t19-/m0/s1. The van der Waals surface area contributed by atoms with Crippen molar-refractivity contribution in [3.05, 3.63) is 66.2 Å². The molecule has 2 N–H and O–H groups in total. The fraction of sp³-hybridized carbons (Fsp3) is 0.304. The molecular weight excluding hydrogens is 382 g/mol. The van der Waals surface area contributed by atoms with Crippen LogP contribution in [0.3, 0.4) is 0 Å². The number of nitrogens with one attached hydrogen (secondary N) is 1. The van der Waals surface area contributed by atoms with Gasteiger partial charge in [0.15, 0.2) is 0 Å². The number of ether oxygens (including phenoxy) is 1. The average Bonchev–Trinajstić information content (AvgIpc) is 2.81. The zero-order chi connectivity index (χ0) is 21.3. The van der Waals surface area contributed by atoms with E-state index in [1.54, 1.807) is 18.1 Å². The van der Waals surface area contributed by atoms with Crippen molar-refractivity contribution in [2.24, 2.45) is 0 Å². The van der Waals surface area contributed by atoms with Gasteiger partial charge < -0.3 is 25.0 Å². The van der Waals surface area contributed by atoms with E-state index in [1.807, 2.05) is 54.6 Å². The van der Waals surface area contributed by atoms with Gasteiger partial charge in [0, 0.05) is 32.3 Å². The number of benzene rings is 2. The molecule has 1 heterocycles. The molecule has 2 amide bonds. The Morgan fingerprint density at radius 3 is 2.40 bits per heavy atom. The van der Waals surface area contributed by atoms with Crippen LogP contribution in [0.5, 0.6) is 5.75 Å². The molecule has 1 saturated heterocycles. The molecule has 7 heteroatoms. The van der Waals surface area contributed by atoms with E-state index in [0.29, 0.717) is 26.2 Å². The maximum absolute atomic E-state index is 12.8. The van der Waals surface area contributed by atoms with Crippen LogP contribution in [0.25, 0.3) is 6.08 Å². The van der Waals surface area contributed by atoms with Gasteiger partial charge in [-0.3, -0.25) is 9.59 Å². The molecule has 0 unspecified atom stereocenters. The van der Waals surface area contributed by atoms with Crippen LogP contribution in [0.15, 0.2) is 60.7 Å². The molecule has 0 spiro atoms. The largest absolute Gasteiger partial charge is 0.495 e. The molecule has 0 aliphatic carbocycles. The molecule has 2 aromatic rings. The normalized spacial score (nSPS) is 15.1. The van der Waals surface area contributed by atoms with Gasteiger partial charge in [0.25, 0.3) is 0 Å². The number of carbonyl (C=O) groups is 2. The molecule has 2 aromatic carbocycles. The Morgan fingerprint density at radius 1 is 1.07 bits per heavy atom. The van der Waals surface area contributed by atoms with Crippen LogP contribution >= 0.6 is 0 Å². The summed E-state index contributed by atoms with van der Waals surface area (Å²) in [6.07, 6.45) is 3.03. The minimum absolute atomic E-state index is 0.279. The number of aliphatic hydroxyl groups is 1. The second kappa shape index (κ2) is 10.5. The molecule has 3 rings (SSSR count). The minimum atomic E-state index is -0.962. The summed E-state index contributed by atoms with van der Waals surface area (Å²) in [4.78, 5) is 28.8. The number of methoxy groups -OCH3 is 1. The summed E-state index contributed by atoms with van der Waals surface area (Å²) >= 11 is 0. The van der Waals surface area contributed by atoms with Gasteiger partial charge in [-0.25, -0.2) is 0 Å². The molecule has 1 atom stereocenters. The number of rotatable bonds is 7.